The van der Waals surface area contributed by atoms with Crippen LogP contribution in [0.3, 0.4) is 0 Å². The van der Waals surface area contributed by atoms with Gasteiger partial charge in [0.15, 0.2) is 0 Å². The molecule has 0 amide bonds. The average molecular weight is 386 g/mol. The lowest BCUT2D eigenvalue weighted by molar-refractivity contribution is 0.0695. The fourth-order valence-corrected chi connectivity index (χ4v) is 3.32. The minimum Gasteiger partial charge on any atom is -0.478 e. The zero-order chi connectivity index (χ0) is 14.2. The number of halogens is 2. The van der Waals surface area contributed by atoms with Crippen LogP contribution in [0.1, 0.15) is 32.6 Å². The van der Waals surface area contributed by atoms with E-state index in [-0.39, 0.29) is 11.1 Å². The van der Waals surface area contributed by atoms with E-state index in [1.807, 2.05) is 22.6 Å². The van der Waals surface area contributed by atoms with Crippen molar-refractivity contribution in [1.82, 2.24) is 0 Å². The lowest BCUT2D eigenvalue weighted by atomic mass is 9.94. The highest BCUT2D eigenvalue weighted by Crippen LogP contribution is 2.29. The fourth-order valence-electron chi connectivity index (χ4n) is 1.95. The highest BCUT2D eigenvalue weighted by molar-refractivity contribution is 14.1. The van der Waals surface area contributed by atoms with E-state index >= 15 is 0 Å². The molecule has 0 aliphatic heterocycles. The molecular weight excluding hydrogens is 374 g/mol. The first-order valence-corrected chi connectivity index (χ1v) is 7.63. The van der Waals surface area contributed by atoms with Crippen molar-refractivity contribution in [3.63, 3.8) is 0 Å². The molecule has 1 aromatic carbocycles. The molecule has 0 fully saturated rings. The third-order valence-electron chi connectivity index (χ3n) is 2.84. The maximum absolute atomic E-state index is 12.8. The summed E-state index contributed by atoms with van der Waals surface area (Å²) < 4.78 is 35.0. The Kier molecular flexibility index (Phi) is 4.37. The molecule has 7 heteroatoms. The van der Waals surface area contributed by atoms with Gasteiger partial charge in [-0.3, -0.25) is 0 Å². The predicted octanol–water partition coefficient (Wildman–Crippen LogP) is 2.71. The second-order valence-corrected chi connectivity index (χ2v) is 6.48. The van der Waals surface area contributed by atoms with Crippen LogP contribution in [0.15, 0.2) is 0 Å². The number of carboxylic acid groups (broad SMARTS) is 1. The van der Waals surface area contributed by atoms with Crippen molar-refractivity contribution < 1.29 is 22.2 Å². The zero-order valence-electron chi connectivity index (χ0n) is 10.0. The largest absolute Gasteiger partial charge is 0.478 e. The van der Waals surface area contributed by atoms with Crippen molar-refractivity contribution in [2.75, 3.05) is 0 Å². The zero-order valence-corrected chi connectivity index (χ0v) is 13.0. The van der Waals surface area contributed by atoms with Gasteiger partial charge in [-0.15, -0.1) is 3.89 Å². The second-order valence-electron chi connectivity index (χ2n) is 4.03. The van der Waals surface area contributed by atoms with Gasteiger partial charge in [0.25, 0.3) is 0 Å². The molecule has 1 N–H and O–H groups in total. The van der Waals surface area contributed by atoms with E-state index in [1.54, 1.807) is 13.8 Å². The molecule has 0 atom stereocenters. The lowest BCUT2D eigenvalue weighted by Gasteiger charge is -2.16. The first-order chi connectivity index (χ1) is 8.06. The van der Waals surface area contributed by atoms with Crippen LogP contribution in [0.4, 0.5) is 3.89 Å². The highest BCUT2D eigenvalue weighted by atomic mass is 127. The van der Waals surface area contributed by atoms with E-state index in [2.05, 4.69) is 0 Å². The van der Waals surface area contributed by atoms with Crippen molar-refractivity contribution in [3.05, 3.63) is 31.4 Å². The summed E-state index contributed by atoms with van der Waals surface area (Å²) in [4.78, 5) is 11.2. The third-order valence-corrected chi connectivity index (χ3v) is 5.10. The van der Waals surface area contributed by atoms with Gasteiger partial charge in [0.1, 0.15) is 5.75 Å². The summed E-state index contributed by atoms with van der Waals surface area (Å²) in [6.07, 6.45) is 0. The van der Waals surface area contributed by atoms with E-state index in [0.29, 0.717) is 20.3 Å². The second kappa shape index (κ2) is 5.12. The van der Waals surface area contributed by atoms with Gasteiger partial charge >= 0.3 is 16.2 Å². The molecule has 1 aromatic rings. The molecule has 1 rings (SSSR count). The molecule has 0 radical (unpaired) electrons. The summed E-state index contributed by atoms with van der Waals surface area (Å²) >= 11 is 1.94. The molecule has 100 valence electrons. The molecule has 0 saturated heterocycles. The monoisotopic (exact) mass is 386 g/mol. The summed E-state index contributed by atoms with van der Waals surface area (Å²) in [5, 5.41) is 9.14. The number of carboxylic acids is 1. The molecule has 0 heterocycles. The van der Waals surface area contributed by atoms with Crippen molar-refractivity contribution in [3.8, 4) is 0 Å². The topological polar surface area (TPSA) is 71.4 Å². The van der Waals surface area contributed by atoms with E-state index in [1.165, 1.54) is 6.92 Å². The van der Waals surface area contributed by atoms with Crippen LogP contribution < -0.4 is 0 Å². The first kappa shape index (κ1) is 15.4. The summed E-state index contributed by atoms with van der Waals surface area (Å²) in [5.41, 5.74) is 1.75. The first-order valence-electron chi connectivity index (χ1n) is 5.00. The molecule has 0 aromatic heterocycles. The molecule has 0 saturated carbocycles. The summed E-state index contributed by atoms with van der Waals surface area (Å²) in [5.74, 6) is -1.93. The van der Waals surface area contributed by atoms with Crippen LogP contribution in [0.5, 0.6) is 0 Å². The van der Waals surface area contributed by atoms with Crippen molar-refractivity contribution >= 4 is 38.8 Å². The van der Waals surface area contributed by atoms with Crippen LogP contribution in [-0.2, 0) is 16.0 Å². The van der Waals surface area contributed by atoms with Gasteiger partial charge in [0.05, 0.1) is 5.56 Å². The van der Waals surface area contributed by atoms with Crippen LogP contribution in [0.25, 0.3) is 0 Å². The lowest BCUT2D eigenvalue weighted by Crippen LogP contribution is -2.12. The molecule has 0 spiro atoms. The Balaban J connectivity index is 3.68. The van der Waals surface area contributed by atoms with Crippen molar-refractivity contribution in [2.24, 2.45) is 0 Å². The highest BCUT2D eigenvalue weighted by Gasteiger charge is 2.23. The van der Waals surface area contributed by atoms with Gasteiger partial charge in [0, 0.05) is 3.57 Å². The molecule has 0 unspecified atom stereocenters. The number of hydrogen-bond acceptors (Lipinski definition) is 3. The summed E-state index contributed by atoms with van der Waals surface area (Å²) in [6.45, 7) is 4.81. The maximum Gasteiger partial charge on any atom is 0.336 e. The Bertz CT molecular complexity index is 623. The Morgan fingerprint density at radius 2 is 1.72 bits per heavy atom. The van der Waals surface area contributed by atoms with Crippen molar-refractivity contribution in [2.45, 2.75) is 26.5 Å². The van der Waals surface area contributed by atoms with Gasteiger partial charge in [-0.25, -0.2) is 4.79 Å². The quantitative estimate of drug-likeness (QED) is 0.641. The van der Waals surface area contributed by atoms with Gasteiger partial charge < -0.3 is 5.11 Å². The van der Waals surface area contributed by atoms with Crippen LogP contribution >= 0.6 is 22.6 Å². The van der Waals surface area contributed by atoms with Gasteiger partial charge in [-0.05, 0) is 65.6 Å². The molecule has 18 heavy (non-hydrogen) atoms. The number of aromatic carboxylic acids is 1. The molecule has 4 nitrogen and oxygen atoms in total. The van der Waals surface area contributed by atoms with Crippen LogP contribution in [0.2, 0.25) is 0 Å². The Hall–Kier alpha value is -0.700. The normalized spacial score (nSPS) is 11.6. The maximum atomic E-state index is 12.8. The fraction of sp³-hybridized carbons (Fsp3) is 0.364. The van der Waals surface area contributed by atoms with Gasteiger partial charge in [0.2, 0.25) is 0 Å². The SMILES string of the molecule is Cc1c(I)c(C)c(C(=O)O)c(C)c1CS(=O)(=O)F. The minimum absolute atomic E-state index is 0.0450. The summed E-state index contributed by atoms with van der Waals surface area (Å²) in [6, 6.07) is 0. The predicted molar refractivity (Wildman–Crippen MR) is 74.1 cm³/mol. The van der Waals surface area contributed by atoms with E-state index in [9.17, 15) is 17.1 Å². The van der Waals surface area contributed by atoms with Gasteiger partial charge in [-0.1, -0.05) is 0 Å². The number of benzene rings is 1. The van der Waals surface area contributed by atoms with Crippen molar-refractivity contribution in [1.29, 1.82) is 0 Å². The third kappa shape index (κ3) is 3.00. The molecule has 0 aliphatic carbocycles. The summed E-state index contributed by atoms with van der Waals surface area (Å²) in [7, 11) is -4.69. The number of rotatable bonds is 3. The number of carbonyl (C=O) groups is 1. The minimum atomic E-state index is -4.69. The van der Waals surface area contributed by atoms with E-state index in [4.69, 9.17) is 5.11 Å². The van der Waals surface area contributed by atoms with E-state index < -0.39 is 21.9 Å². The Morgan fingerprint density at radius 3 is 2.11 bits per heavy atom. The molecule has 0 bridgehead atoms. The molecular formula is C11H12FIO4S. The average Bonchev–Trinajstić information content (AvgIpc) is 2.20. The van der Waals surface area contributed by atoms with Crippen LogP contribution in [-0.4, -0.2) is 19.5 Å². The van der Waals surface area contributed by atoms with Crippen LogP contribution in [0, 0.1) is 24.3 Å². The smallest absolute Gasteiger partial charge is 0.336 e. The Morgan fingerprint density at radius 1 is 1.22 bits per heavy atom. The molecule has 0 aliphatic rings. The standard InChI is InChI=1S/C11H12FIO4S/c1-5-8(4-18(12,16)17)6(2)10(13)7(3)9(5)11(14)15/h4H2,1-3H3,(H,14,15). The number of hydrogen-bond donors (Lipinski definition) is 1. The van der Waals surface area contributed by atoms with Gasteiger partial charge in [-0.2, -0.15) is 8.42 Å². The Labute approximate surface area is 119 Å². The van der Waals surface area contributed by atoms with E-state index in [0.717, 1.165) is 0 Å².